The first-order valence-electron chi connectivity index (χ1n) is 5.20. The van der Waals surface area contributed by atoms with Gasteiger partial charge in [0.1, 0.15) is 11.6 Å². The monoisotopic (exact) mass is 224 g/mol. The molecule has 0 unspecified atom stereocenters. The highest BCUT2D eigenvalue weighted by atomic mass is 16.1. The van der Waals surface area contributed by atoms with Gasteiger partial charge in [-0.2, -0.15) is 0 Å². The number of amides is 1. The maximum atomic E-state index is 11.2. The summed E-state index contributed by atoms with van der Waals surface area (Å²) >= 11 is 0. The number of nitrogens with one attached hydrogen (secondary N) is 3. The van der Waals surface area contributed by atoms with E-state index in [9.17, 15) is 9.59 Å². The SMILES string of the molecule is CCc1nc(NCCNC(C)=O)cc(=O)[nH]1. The molecule has 0 bridgehead atoms. The third-order valence-electron chi connectivity index (χ3n) is 1.93. The Hall–Kier alpha value is -1.85. The van der Waals surface area contributed by atoms with Crippen molar-refractivity contribution < 1.29 is 4.79 Å². The molecule has 1 heterocycles. The zero-order chi connectivity index (χ0) is 12.0. The maximum absolute atomic E-state index is 11.2. The molecule has 0 aliphatic carbocycles. The third kappa shape index (κ3) is 4.12. The van der Waals surface area contributed by atoms with Crippen LogP contribution in [0.4, 0.5) is 5.82 Å². The van der Waals surface area contributed by atoms with Gasteiger partial charge >= 0.3 is 0 Å². The summed E-state index contributed by atoms with van der Waals surface area (Å²) in [5.41, 5.74) is -0.172. The van der Waals surface area contributed by atoms with Crippen LogP contribution >= 0.6 is 0 Å². The molecule has 0 fully saturated rings. The molecule has 1 aromatic heterocycles. The predicted molar refractivity (Wildman–Crippen MR) is 61.4 cm³/mol. The number of nitrogens with zero attached hydrogens (tertiary/aromatic N) is 1. The van der Waals surface area contributed by atoms with Gasteiger partial charge in [0.15, 0.2) is 0 Å². The Balaban J connectivity index is 2.50. The topological polar surface area (TPSA) is 86.9 Å². The lowest BCUT2D eigenvalue weighted by atomic mass is 10.4. The van der Waals surface area contributed by atoms with Crippen LogP contribution in [0, 0.1) is 0 Å². The van der Waals surface area contributed by atoms with Crippen LogP contribution in [-0.2, 0) is 11.2 Å². The molecule has 0 saturated heterocycles. The molecule has 0 spiro atoms. The summed E-state index contributed by atoms with van der Waals surface area (Å²) < 4.78 is 0. The van der Waals surface area contributed by atoms with E-state index in [1.165, 1.54) is 13.0 Å². The van der Waals surface area contributed by atoms with Gasteiger partial charge in [0.25, 0.3) is 5.56 Å². The predicted octanol–water partition coefficient (Wildman–Crippen LogP) is -0.120. The van der Waals surface area contributed by atoms with Gasteiger partial charge in [-0.05, 0) is 0 Å². The van der Waals surface area contributed by atoms with E-state index in [4.69, 9.17) is 0 Å². The van der Waals surface area contributed by atoms with Crippen molar-refractivity contribution in [2.75, 3.05) is 18.4 Å². The van der Waals surface area contributed by atoms with Crippen LogP contribution in [0.25, 0.3) is 0 Å². The molecule has 1 amide bonds. The highest BCUT2D eigenvalue weighted by Crippen LogP contribution is 1.97. The molecule has 6 heteroatoms. The van der Waals surface area contributed by atoms with Gasteiger partial charge in [-0.3, -0.25) is 9.59 Å². The number of hydrogen-bond donors (Lipinski definition) is 3. The summed E-state index contributed by atoms with van der Waals surface area (Å²) in [6.45, 7) is 4.42. The lowest BCUT2D eigenvalue weighted by Gasteiger charge is -2.06. The van der Waals surface area contributed by atoms with E-state index >= 15 is 0 Å². The number of aryl methyl sites for hydroxylation is 1. The van der Waals surface area contributed by atoms with E-state index in [1.807, 2.05) is 6.92 Å². The molecule has 3 N–H and O–H groups in total. The van der Waals surface area contributed by atoms with Gasteiger partial charge < -0.3 is 15.6 Å². The Morgan fingerprint density at radius 3 is 2.88 bits per heavy atom. The lowest BCUT2D eigenvalue weighted by Crippen LogP contribution is -2.27. The fourth-order valence-corrected chi connectivity index (χ4v) is 1.20. The standard InChI is InChI=1S/C10H16N4O2/c1-3-8-13-9(6-10(16)14-8)12-5-4-11-7(2)15/h6H,3-5H2,1-2H3,(H,11,15)(H2,12,13,14,16). The van der Waals surface area contributed by atoms with Crippen LogP contribution in [0.5, 0.6) is 0 Å². The van der Waals surface area contributed by atoms with Crippen molar-refractivity contribution >= 4 is 11.7 Å². The summed E-state index contributed by atoms with van der Waals surface area (Å²) in [5.74, 6) is 1.11. The molecule has 88 valence electrons. The molecule has 0 aliphatic heterocycles. The second kappa shape index (κ2) is 5.89. The molecule has 0 aliphatic rings. The van der Waals surface area contributed by atoms with Crippen molar-refractivity contribution in [3.8, 4) is 0 Å². The van der Waals surface area contributed by atoms with Crippen molar-refractivity contribution in [1.82, 2.24) is 15.3 Å². The van der Waals surface area contributed by atoms with E-state index in [0.29, 0.717) is 31.2 Å². The zero-order valence-electron chi connectivity index (χ0n) is 9.46. The molecule has 6 nitrogen and oxygen atoms in total. The molecule has 1 rings (SSSR count). The summed E-state index contributed by atoms with van der Waals surface area (Å²) in [6.07, 6.45) is 0.677. The Labute approximate surface area is 93.5 Å². The number of hydrogen-bond acceptors (Lipinski definition) is 4. The lowest BCUT2D eigenvalue weighted by molar-refractivity contribution is -0.118. The van der Waals surface area contributed by atoms with E-state index < -0.39 is 0 Å². The number of carbonyl (C=O) groups is 1. The Morgan fingerprint density at radius 1 is 1.50 bits per heavy atom. The minimum Gasteiger partial charge on any atom is -0.368 e. The van der Waals surface area contributed by atoms with Crippen molar-refractivity contribution in [2.24, 2.45) is 0 Å². The number of aromatic nitrogens is 2. The molecule has 0 radical (unpaired) electrons. The summed E-state index contributed by atoms with van der Waals surface area (Å²) in [7, 11) is 0. The van der Waals surface area contributed by atoms with Crippen LogP contribution in [0.15, 0.2) is 10.9 Å². The highest BCUT2D eigenvalue weighted by Gasteiger charge is 1.98. The van der Waals surface area contributed by atoms with E-state index in [2.05, 4.69) is 20.6 Å². The van der Waals surface area contributed by atoms with Crippen LogP contribution in [0.3, 0.4) is 0 Å². The fraction of sp³-hybridized carbons (Fsp3) is 0.500. The maximum Gasteiger partial charge on any atom is 0.252 e. The number of rotatable bonds is 5. The first-order valence-corrected chi connectivity index (χ1v) is 5.20. The summed E-state index contributed by atoms with van der Waals surface area (Å²) in [5, 5.41) is 5.61. The van der Waals surface area contributed by atoms with Crippen LogP contribution < -0.4 is 16.2 Å². The normalized spacial score (nSPS) is 9.88. The summed E-state index contributed by atoms with van der Waals surface area (Å²) in [4.78, 5) is 28.6. The van der Waals surface area contributed by atoms with Crippen molar-refractivity contribution in [1.29, 1.82) is 0 Å². The van der Waals surface area contributed by atoms with Gasteiger partial charge in [0.2, 0.25) is 5.91 Å². The minimum absolute atomic E-state index is 0.0742. The number of aromatic amines is 1. The number of carbonyl (C=O) groups excluding carboxylic acids is 1. The zero-order valence-corrected chi connectivity index (χ0v) is 9.46. The third-order valence-corrected chi connectivity index (χ3v) is 1.93. The smallest absolute Gasteiger partial charge is 0.252 e. The quantitative estimate of drug-likeness (QED) is 0.608. The van der Waals surface area contributed by atoms with E-state index in [-0.39, 0.29) is 11.5 Å². The summed E-state index contributed by atoms with van der Waals surface area (Å²) in [6, 6.07) is 1.40. The van der Waals surface area contributed by atoms with Crippen molar-refractivity contribution in [3.05, 3.63) is 22.2 Å². The van der Waals surface area contributed by atoms with Crippen molar-refractivity contribution in [2.45, 2.75) is 20.3 Å². The van der Waals surface area contributed by atoms with Gasteiger partial charge in [-0.15, -0.1) is 0 Å². The average molecular weight is 224 g/mol. The first kappa shape index (κ1) is 12.2. The largest absolute Gasteiger partial charge is 0.368 e. The molecular weight excluding hydrogens is 208 g/mol. The average Bonchev–Trinajstić information content (AvgIpc) is 2.23. The molecule has 0 atom stereocenters. The fourth-order valence-electron chi connectivity index (χ4n) is 1.20. The van der Waals surface area contributed by atoms with Gasteiger partial charge in [0.05, 0.1) is 0 Å². The molecular formula is C10H16N4O2. The first-order chi connectivity index (χ1) is 7.61. The van der Waals surface area contributed by atoms with E-state index in [0.717, 1.165) is 0 Å². The molecule has 0 aromatic carbocycles. The number of H-pyrrole nitrogens is 1. The molecule has 1 aromatic rings. The molecule has 0 saturated carbocycles. The van der Waals surface area contributed by atoms with E-state index in [1.54, 1.807) is 0 Å². The number of anilines is 1. The minimum atomic E-state index is -0.172. The second-order valence-corrected chi connectivity index (χ2v) is 3.34. The van der Waals surface area contributed by atoms with Crippen LogP contribution in [-0.4, -0.2) is 29.0 Å². The van der Waals surface area contributed by atoms with Gasteiger partial charge in [0, 0.05) is 32.5 Å². The van der Waals surface area contributed by atoms with Crippen LogP contribution in [0.2, 0.25) is 0 Å². The Morgan fingerprint density at radius 2 is 2.25 bits per heavy atom. The Kier molecular flexibility index (Phi) is 4.50. The van der Waals surface area contributed by atoms with Gasteiger partial charge in [-0.25, -0.2) is 4.98 Å². The molecule has 16 heavy (non-hydrogen) atoms. The Bertz CT molecular complexity index is 414. The second-order valence-electron chi connectivity index (χ2n) is 3.34. The van der Waals surface area contributed by atoms with Crippen LogP contribution in [0.1, 0.15) is 19.7 Å². The highest BCUT2D eigenvalue weighted by molar-refractivity contribution is 5.72. The van der Waals surface area contributed by atoms with Gasteiger partial charge in [-0.1, -0.05) is 6.92 Å². The van der Waals surface area contributed by atoms with Crippen molar-refractivity contribution in [3.63, 3.8) is 0 Å².